The van der Waals surface area contributed by atoms with Crippen molar-refractivity contribution >= 4 is 0 Å². The average molecular weight is 338 g/mol. The molecule has 1 aliphatic rings. The summed E-state index contributed by atoms with van der Waals surface area (Å²) >= 11 is 0. The Kier molecular flexibility index (Phi) is 6.71. The lowest BCUT2D eigenvalue weighted by Gasteiger charge is -2.42. The van der Waals surface area contributed by atoms with E-state index >= 15 is 0 Å². The lowest BCUT2D eigenvalue weighted by Crippen LogP contribution is -2.53. The molecule has 1 aliphatic heterocycles. The van der Waals surface area contributed by atoms with Crippen molar-refractivity contribution < 1.29 is 19.3 Å². The molecular formula is C18H30N2O4. The Balaban J connectivity index is 2.33. The van der Waals surface area contributed by atoms with Crippen LogP contribution in [0.25, 0.3) is 0 Å². The highest BCUT2D eigenvalue weighted by molar-refractivity contribution is 5.52. The van der Waals surface area contributed by atoms with Crippen molar-refractivity contribution in [1.82, 2.24) is 9.80 Å². The van der Waals surface area contributed by atoms with Gasteiger partial charge < -0.3 is 19.3 Å². The van der Waals surface area contributed by atoms with E-state index in [2.05, 4.69) is 23.6 Å². The molecule has 1 fully saturated rings. The highest BCUT2D eigenvalue weighted by atomic mass is 16.5. The predicted molar refractivity (Wildman–Crippen MR) is 94.2 cm³/mol. The molecule has 6 nitrogen and oxygen atoms in total. The molecule has 1 aromatic rings. The molecule has 136 valence electrons. The number of benzene rings is 1. The minimum atomic E-state index is -0.124. The van der Waals surface area contributed by atoms with Gasteiger partial charge in [0.25, 0.3) is 0 Å². The maximum Gasteiger partial charge on any atom is 0.164 e. The summed E-state index contributed by atoms with van der Waals surface area (Å²) in [5, 5.41) is 10.1. The van der Waals surface area contributed by atoms with Gasteiger partial charge in [0.1, 0.15) is 5.75 Å². The van der Waals surface area contributed by atoms with Crippen molar-refractivity contribution in [2.24, 2.45) is 0 Å². The maximum absolute atomic E-state index is 10.1. The first kappa shape index (κ1) is 18.8. The standard InChI is InChI=1S/C18H30N2O4/c1-6-19-7-8-20(11-13(19)2)15(12-21)14-9-17(23-4)18(24-5)10-16(14)22-3/h9-10,13,15,21H,6-8,11-12H2,1-5H3. The van der Waals surface area contributed by atoms with Crippen molar-refractivity contribution in [2.75, 3.05) is 54.1 Å². The van der Waals surface area contributed by atoms with Crippen LogP contribution in [0.3, 0.4) is 0 Å². The van der Waals surface area contributed by atoms with E-state index in [0.717, 1.165) is 31.7 Å². The molecule has 1 heterocycles. The Bertz CT molecular complexity index is 538. The van der Waals surface area contributed by atoms with Crippen molar-refractivity contribution in [1.29, 1.82) is 0 Å². The van der Waals surface area contributed by atoms with E-state index in [9.17, 15) is 5.11 Å². The summed E-state index contributed by atoms with van der Waals surface area (Å²) < 4.78 is 16.3. The van der Waals surface area contributed by atoms with Gasteiger partial charge in [-0.25, -0.2) is 0 Å². The fourth-order valence-electron chi connectivity index (χ4n) is 3.50. The van der Waals surface area contributed by atoms with Gasteiger partial charge in [-0.3, -0.25) is 9.80 Å². The quantitative estimate of drug-likeness (QED) is 0.818. The van der Waals surface area contributed by atoms with Gasteiger partial charge in [0, 0.05) is 37.3 Å². The molecule has 2 atom stereocenters. The van der Waals surface area contributed by atoms with Crippen molar-refractivity contribution in [2.45, 2.75) is 25.9 Å². The second-order valence-electron chi connectivity index (χ2n) is 6.12. The van der Waals surface area contributed by atoms with Crippen LogP contribution < -0.4 is 14.2 Å². The Labute approximate surface area is 144 Å². The summed E-state index contributed by atoms with van der Waals surface area (Å²) in [5.74, 6) is 1.98. The molecule has 0 saturated carbocycles. The molecule has 0 radical (unpaired) electrons. The molecule has 24 heavy (non-hydrogen) atoms. The summed E-state index contributed by atoms with van der Waals surface area (Å²) in [6, 6.07) is 4.07. The predicted octanol–water partition coefficient (Wildman–Crippen LogP) is 1.77. The van der Waals surface area contributed by atoms with E-state index in [0.29, 0.717) is 23.3 Å². The fourth-order valence-corrected chi connectivity index (χ4v) is 3.50. The van der Waals surface area contributed by atoms with Crippen LogP contribution in [0.15, 0.2) is 12.1 Å². The number of nitrogens with zero attached hydrogens (tertiary/aromatic N) is 2. The molecule has 2 rings (SSSR count). The third-order valence-corrected chi connectivity index (χ3v) is 4.91. The average Bonchev–Trinajstić information content (AvgIpc) is 2.61. The third-order valence-electron chi connectivity index (χ3n) is 4.91. The minimum absolute atomic E-state index is 0.0324. The van der Waals surface area contributed by atoms with Gasteiger partial charge in [0.05, 0.1) is 34.0 Å². The maximum atomic E-state index is 10.1. The van der Waals surface area contributed by atoms with Crippen LogP contribution in [-0.4, -0.2) is 75.1 Å². The highest BCUT2D eigenvalue weighted by Gasteiger charge is 2.30. The molecule has 2 unspecified atom stereocenters. The number of hydrogen-bond acceptors (Lipinski definition) is 6. The first-order valence-corrected chi connectivity index (χ1v) is 8.48. The number of piperazine rings is 1. The van der Waals surface area contributed by atoms with Gasteiger partial charge in [-0.2, -0.15) is 0 Å². The zero-order chi connectivity index (χ0) is 17.7. The van der Waals surface area contributed by atoms with Crippen molar-refractivity contribution in [3.05, 3.63) is 17.7 Å². The monoisotopic (exact) mass is 338 g/mol. The van der Waals surface area contributed by atoms with E-state index in [-0.39, 0.29) is 12.6 Å². The summed E-state index contributed by atoms with van der Waals surface area (Å²) in [7, 11) is 4.85. The molecule has 6 heteroatoms. The number of aliphatic hydroxyl groups is 1. The molecule has 0 aromatic heterocycles. The molecule has 1 aromatic carbocycles. The number of hydrogen-bond donors (Lipinski definition) is 1. The minimum Gasteiger partial charge on any atom is -0.496 e. The molecule has 0 bridgehead atoms. The molecular weight excluding hydrogens is 308 g/mol. The lowest BCUT2D eigenvalue weighted by atomic mass is 10.0. The first-order valence-electron chi connectivity index (χ1n) is 8.48. The van der Waals surface area contributed by atoms with E-state index in [1.54, 1.807) is 21.3 Å². The van der Waals surface area contributed by atoms with Gasteiger partial charge in [0.15, 0.2) is 11.5 Å². The van der Waals surface area contributed by atoms with Crippen LogP contribution in [0.1, 0.15) is 25.5 Å². The van der Waals surface area contributed by atoms with Gasteiger partial charge in [-0.15, -0.1) is 0 Å². The Hall–Kier alpha value is -1.50. The van der Waals surface area contributed by atoms with E-state index in [4.69, 9.17) is 14.2 Å². The van der Waals surface area contributed by atoms with Gasteiger partial charge in [0.2, 0.25) is 0 Å². The number of likely N-dealkylation sites (N-methyl/N-ethyl adjacent to an activating group) is 1. The van der Waals surface area contributed by atoms with Crippen LogP contribution >= 0.6 is 0 Å². The molecule has 1 N–H and O–H groups in total. The molecule has 1 saturated heterocycles. The van der Waals surface area contributed by atoms with Crippen LogP contribution in [0.5, 0.6) is 17.2 Å². The van der Waals surface area contributed by atoms with Crippen LogP contribution in [-0.2, 0) is 0 Å². The van der Waals surface area contributed by atoms with Crippen LogP contribution in [0, 0.1) is 0 Å². The second kappa shape index (κ2) is 8.55. The first-order chi connectivity index (χ1) is 11.6. The van der Waals surface area contributed by atoms with E-state index < -0.39 is 0 Å². The zero-order valence-electron chi connectivity index (χ0n) is 15.4. The Morgan fingerprint density at radius 1 is 1.08 bits per heavy atom. The molecule has 0 spiro atoms. The summed E-state index contributed by atoms with van der Waals surface area (Å²) in [6.45, 7) is 8.34. The smallest absolute Gasteiger partial charge is 0.164 e. The Morgan fingerprint density at radius 3 is 2.21 bits per heavy atom. The van der Waals surface area contributed by atoms with Gasteiger partial charge in [-0.1, -0.05) is 6.92 Å². The summed E-state index contributed by atoms with van der Waals surface area (Å²) in [4.78, 5) is 4.78. The molecule has 0 amide bonds. The second-order valence-corrected chi connectivity index (χ2v) is 6.12. The van der Waals surface area contributed by atoms with Gasteiger partial charge in [-0.05, 0) is 19.5 Å². The zero-order valence-corrected chi connectivity index (χ0v) is 15.4. The topological polar surface area (TPSA) is 54.4 Å². The van der Waals surface area contributed by atoms with Crippen molar-refractivity contribution in [3.63, 3.8) is 0 Å². The van der Waals surface area contributed by atoms with Crippen LogP contribution in [0.2, 0.25) is 0 Å². The van der Waals surface area contributed by atoms with Gasteiger partial charge >= 0.3 is 0 Å². The molecule has 0 aliphatic carbocycles. The van der Waals surface area contributed by atoms with Crippen LogP contribution in [0.4, 0.5) is 0 Å². The van der Waals surface area contributed by atoms with E-state index in [1.165, 1.54) is 0 Å². The number of rotatable bonds is 7. The summed E-state index contributed by atoms with van der Waals surface area (Å²) in [5.41, 5.74) is 0.926. The SMILES string of the molecule is CCN1CCN(C(CO)c2cc(OC)c(OC)cc2OC)CC1C. The number of aliphatic hydroxyl groups excluding tert-OH is 1. The number of methoxy groups -OCH3 is 3. The largest absolute Gasteiger partial charge is 0.496 e. The van der Waals surface area contributed by atoms with E-state index in [1.807, 2.05) is 12.1 Å². The normalized spacial score (nSPS) is 20.7. The summed E-state index contributed by atoms with van der Waals surface area (Å²) in [6.07, 6.45) is 0. The highest BCUT2D eigenvalue weighted by Crippen LogP contribution is 2.39. The Morgan fingerprint density at radius 2 is 1.71 bits per heavy atom. The fraction of sp³-hybridized carbons (Fsp3) is 0.667. The van der Waals surface area contributed by atoms with Crippen molar-refractivity contribution in [3.8, 4) is 17.2 Å². The third kappa shape index (κ3) is 3.77. The lowest BCUT2D eigenvalue weighted by molar-refractivity contribution is 0.0358. The number of ether oxygens (including phenoxy) is 3.